The first-order valence-electron chi connectivity index (χ1n) is 13.8. The number of unbranched alkanes of at least 4 members (excludes halogenated alkanes) is 1. The minimum absolute atomic E-state index is 0.181. The lowest BCUT2D eigenvalue weighted by molar-refractivity contribution is 0.608. The second kappa shape index (κ2) is 12.0. The lowest BCUT2D eigenvalue weighted by Gasteiger charge is -2.51. The first-order chi connectivity index (χ1) is 18.9. The van der Waals surface area contributed by atoms with Crippen LogP contribution in [0.1, 0.15) is 55.1 Å². The molecule has 0 N–H and O–H groups in total. The molecule has 202 valence electrons. The molecule has 0 amide bonds. The molecule has 0 spiro atoms. The number of benzene rings is 4. The van der Waals surface area contributed by atoms with Gasteiger partial charge >= 0.3 is 0 Å². The van der Waals surface area contributed by atoms with Crippen molar-refractivity contribution < 1.29 is 8.78 Å². The SMILES string of the molecule is [CH2-][P+](c1ccccc1F)(c1ccccc1F)N(CCCC)[P+]1([CH2-])[C@H](c2ccccc2)CC[C@H]1c1ccccc1. The van der Waals surface area contributed by atoms with E-state index in [1.54, 1.807) is 12.1 Å². The third kappa shape index (κ3) is 5.11. The molecule has 1 nitrogen and oxygen atoms in total. The standard InChI is InChI=1S/C34H37F2NP2/c1-4-5-26-37(39(3,33-22-14-12-20-29(33)35)34-23-15-13-21-30(34)36)38(2)31(27-16-8-6-9-17-27)24-25-32(38)28-18-10-7-11-19-28/h6-23,31-32H,2-5,24-26H2,1H3/t31-,32-/m0/s1. The molecule has 4 aromatic carbocycles. The summed E-state index contributed by atoms with van der Waals surface area (Å²) in [6, 6.07) is 35.0. The van der Waals surface area contributed by atoms with Gasteiger partial charge in [-0.3, -0.25) is 0 Å². The van der Waals surface area contributed by atoms with E-state index >= 15 is 8.78 Å². The molecule has 0 saturated carbocycles. The molecular formula is C34H37F2NP2. The number of nitrogens with zero attached hydrogens (tertiary/aromatic N) is 1. The van der Waals surface area contributed by atoms with Gasteiger partial charge in [-0.05, 0) is 54.7 Å². The van der Waals surface area contributed by atoms with E-state index in [4.69, 9.17) is 13.3 Å². The Morgan fingerprint density at radius 3 is 1.54 bits per heavy atom. The Labute approximate surface area is 234 Å². The topological polar surface area (TPSA) is 3.24 Å². The van der Waals surface area contributed by atoms with Crippen LogP contribution in [0.3, 0.4) is 0 Å². The van der Waals surface area contributed by atoms with Gasteiger partial charge in [0.15, 0.2) is 11.6 Å². The van der Waals surface area contributed by atoms with Gasteiger partial charge in [-0.2, -0.15) is 6.66 Å². The van der Waals surface area contributed by atoms with Crippen LogP contribution in [0.5, 0.6) is 0 Å². The number of rotatable bonds is 9. The van der Waals surface area contributed by atoms with Crippen LogP contribution >= 0.6 is 14.8 Å². The Hall–Kier alpha value is -2.44. The van der Waals surface area contributed by atoms with Crippen LogP contribution in [0.2, 0.25) is 0 Å². The van der Waals surface area contributed by atoms with Crippen molar-refractivity contribution in [3.05, 3.63) is 145 Å². The van der Waals surface area contributed by atoms with E-state index in [1.807, 2.05) is 36.4 Å². The van der Waals surface area contributed by atoms with Gasteiger partial charge in [-0.15, -0.1) is 11.1 Å². The summed E-state index contributed by atoms with van der Waals surface area (Å²) in [5.74, 6) is -0.659. The summed E-state index contributed by atoms with van der Waals surface area (Å²) >= 11 is 0. The van der Waals surface area contributed by atoms with Crippen molar-refractivity contribution in [1.29, 1.82) is 0 Å². The summed E-state index contributed by atoms with van der Waals surface area (Å²) in [5, 5.41) is 1.000. The molecule has 1 heterocycles. The highest BCUT2D eigenvalue weighted by Crippen LogP contribution is 2.91. The van der Waals surface area contributed by atoms with Gasteiger partial charge in [-0.25, -0.2) is 8.78 Å². The second-order valence-corrected chi connectivity index (χ2v) is 17.2. The minimum atomic E-state index is -3.00. The Bertz CT molecular complexity index is 1290. The molecule has 4 aromatic rings. The van der Waals surface area contributed by atoms with Gasteiger partial charge in [0, 0.05) is 7.41 Å². The van der Waals surface area contributed by atoms with Crippen LogP contribution in [0.25, 0.3) is 0 Å². The lowest BCUT2D eigenvalue weighted by atomic mass is 10.0. The van der Waals surface area contributed by atoms with Crippen LogP contribution in [0.4, 0.5) is 8.78 Å². The number of halogens is 2. The summed E-state index contributed by atoms with van der Waals surface area (Å²) in [7, 11) is -5.38. The van der Waals surface area contributed by atoms with Gasteiger partial charge in [0.25, 0.3) is 0 Å². The summed E-state index contributed by atoms with van der Waals surface area (Å²) < 4.78 is 34.2. The summed E-state index contributed by atoms with van der Waals surface area (Å²) in [6.45, 7) is 12.9. The Morgan fingerprint density at radius 2 is 1.13 bits per heavy atom. The largest absolute Gasteiger partial charge is 0.203 e. The molecule has 1 aliphatic heterocycles. The number of hydrogen-bond donors (Lipinski definition) is 0. The van der Waals surface area contributed by atoms with Crippen molar-refractivity contribution in [1.82, 2.24) is 4.44 Å². The van der Waals surface area contributed by atoms with Gasteiger partial charge in [0.1, 0.15) is 10.6 Å². The summed E-state index contributed by atoms with van der Waals surface area (Å²) in [4.78, 5) is 0. The first-order valence-corrected chi connectivity index (χ1v) is 17.8. The maximum atomic E-state index is 15.9. The predicted octanol–water partition coefficient (Wildman–Crippen LogP) is 9.74. The monoisotopic (exact) mass is 559 g/mol. The van der Waals surface area contributed by atoms with E-state index in [1.165, 1.54) is 23.3 Å². The summed E-state index contributed by atoms with van der Waals surface area (Å²) in [5.41, 5.74) is 2.88. The zero-order valence-electron chi connectivity index (χ0n) is 22.6. The zero-order chi connectivity index (χ0) is 27.5. The average Bonchev–Trinajstić information content (AvgIpc) is 3.31. The third-order valence-electron chi connectivity index (χ3n) is 8.20. The van der Waals surface area contributed by atoms with Crippen molar-refractivity contribution in [3.63, 3.8) is 0 Å². The Morgan fingerprint density at radius 1 is 0.718 bits per heavy atom. The molecular weight excluding hydrogens is 522 g/mol. The van der Waals surface area contributed by atoms with Gasteiger partial charge in [0.2, 0.25) is 0 Å². The Balaban J connectivity index is 1.81. The van der Waals surface area contributed by atoms with E-state index in [9.17, 15) is 0 Å². The molecule has 1 fully saturated rings. The van der Waals surface area contributed by atoms with Crippen LogP contribution in [0, 0.1) is 25.0 Å². The lowest BCUT2D eigenvalue weighted by Crippen LogP contribution is -2.39. The maximum absolute atomic E-state index is 15.9. The highest BCUT2D eigenvalue weighted by atomic mass is 31.2. The van der Waals surface area contributed by atoms with Crippen LogP contribution in [0.15, 0.2) is 109 Å². The Kier molecular flexibility index (Phi) is 8.63. The van der Waals surface area contributed by atoms with Crippen molar-refractivity contribution in [2.24, 2.45) is 0 Å². The molecule has 5 rings (SSSR count). The van der Waals surface area contributed by atoms with Crippen molar-refractivity contribution in [2.75, 3.05) is 6.54 Å². The van der Waals surface area contributed by atoms with Crippen LogP contribution in [-0.2, 0) is 0 Å². The minimum Gasteiger partial charge on any atom is -0.203 e. The summed E-state index contributed by atoms with van der Waals surface area (Å²) in [6.07, 6.45) is 3.84. The van der Waals surface area contributed by atoms with E-state index in [2.05, 4.69) is 59.9 Å². The molecule has 5 heteroatoms. The fourth-order valence-electron chi connectivity index (χ4n) is 6.32. The quantitative estimate of drug-likeness (QED) is 0.146. The normalized spacial score (nSPS) is 18.9. The zero-order valence-corrected chi connectivity index (χ0v) is 24.4. The molecule has 2 atom stereocenters. The molecule has 0 unspecified atom stereocenters. The highest BCUT2D eigenvalue weighted by molar-refractivity contribution is 7.97. The van der Waals surface area contributed by atoms with Crippen molar-refractivity contribution >= 4 is 25.4 Å². The molecule has 39 heavy (non-hydrogen) atoms. The molecule has 0 aromatic heterocycles. The van der Waals surface area contributed by atoms with Gasteiger partial charge < -0.3 is 0 Å². The van der Waals surface area contributed by atoms with Gasteiger partial charge in [-0.1, -0.05) is 98.3 Å². The fraction of sp³-hybridized carbons (Fsp3) is 0.235. The molecule has 1 aliphatic rings. The predicted molar refractivity (Wildman–Crippen MR) is 166 cm³/mol. The average molecular weight is 560 g/mol. The van der Waals surface area contributed by atoms with Gasteiger partial charge in [0.05, 0.1) is 25.3 Å². The maximum Gasteiger partial charge on any atom is 0.164 e. The van der Waals surface area contributed by atoms with Crippen LogP contribution in [-0.4, -0.2) is 11.0 Å². The fourth-order valence-corrected chi connectivity index (χ4v) is 16.8. The molecule has 0 bridgehead atoms. The van der Waals surface area contributed by atoms with E-state index in [-0.39, 0.29) is 23.0 Å². The van der Waals surface area contributed by atoms with E-state index in [0.29, 0.717) is 17.2 Å². The van der Waals surface area contributed by atoms with Crippen molar-refractivity contribution in [3.8, 4) is 0 Å². The van der Waals surface area contributed by atoms with Crippen LogP contribution < -0.4 is 10.6 Å². The number of hydrogen-bond acceptors (Lipinski definition) is 1. The molecule has 0 aliphatic carbocycles. The third-order valence-corrected chi connectivity index (χ3v) is 17.8. The highest BCUT2D eigenvalue weighted by Gasteiger charge is 2.61. The van der Waals surface area contributed by atoms with Crippen molar-refractivity contribution in [2.45, 2.75) is 43.9 Å². The smallest absolute Gasteiger partial charge is 0.164 e. The van der Waals surface area contributed by atoms with E-state index in [0.717, 1.165) is 25.7 Å². The first kappa shape index (κ1) is 28.1. The van der Waals surface area contributed by atoms with E-state index < -0.39 is 14.8 Å². The second-order valence-electron chi connectivity index (χ2n) is 10.4. The molecule has 0 radical (unpaired) electrons. The molecule has 1 saturated heterocycles.